The molecule has 11 heteroatoms. The number of aromatic hydroxyl groups is 2. The Balaban J connectivity index is 1.15. The molecule has 0 saturated heterocycles. The SMILES string of the molecule is Nc1cc(N=Nc2cc3c(cc2O)Oc2cc(O)ccc2C32OC(=O)c3ccccc32)ccc1N(Cc1ccccn1)Cc1ccccn1. The average molecular weight is 649 g/mol. The number of hydrogen-bond donors (Lipinski definition) is 3. The van der Waals surface area contributed by atoms with Gasteiger partial charge in [-0.1, -0.05) is 30.3 Å². The van der Waals surface area contributed by atoms with Gasteiger partial charge < -0.3 is 30.3 Å². The molecule has 1 unspecified atom stereocenters. The summed E-state index contributed by atoms with van der Waals surface area (Å²) in [6.07, 6.45) is 3.51. The maximum absolute atomic E-state index is 13.2. The van der Waals surface area contributed by atoms with Gasteiger partial charge in [-0.05, 0) is 66.7 Å². The lowest BCUT2D eigenvalue weighted by Gasteiger charge is -2.36. The Labute approximate surface area is 280 Å². The number of ether oxygens (including phenoxy) is 2. The topological polar surface area (TPSA) is 156 Å². The van der Waals surface area contributed by atoms with Gasteiger partial charge in [-0.3, -0.25) is 9.97 Å². The minimum Gasteiger partial charge on any atom is -0.508 e. The van der Waals surface area contributed by atoms with Crippen molar-refractivity contribution in [1.29, 1.82) is 0 Å². The first-order valence-electron chi connectivity index (χ1n) is 15.5. The summed E-state index contributed by atoms with van der Waals surface area (Å²) in [4.78, 5) is 24.2. The number of azo groups is 1. The van der Waals surface area contributed by atoms with Crippen LogP contribution in [-0.4, -0.2) is 26.2 Å². The molecule has 0 aliphatic carbocycles. The number of phenolic OH excluding ortho intramolecular Hbond substituents is 2. The Bertz CT molecular complexity index is 2220. The number of phenols is 2. The molecule has 1 spiro atoms. The van der Waals surface area contributed by atoms with Crippen molar-refractivity contribution in [3.63, 3.8) is 0 Å². The summed E-state index contributed by atoms with van der Waals surface area (Å²) in [6.45, 7) is 1.01. The second kappa shape index (κ2) is 11.8. The third kappa shape index (κ3) is 5.23. The van der Waals surface area contributed by atoms with E-state index < -0.39 is 11.6 Å². The minimum absolute atomic E-state index is 0.0218. The molecule has 2 aromatic heterocycles. The van der Waals surface area contributed by atoms with Crippen molar-refractivity contribution in [3.05, 3.63) is 155 Å². The number of carbonyl (C=O) groups is 1. The van der Waals surface area contributed by atoms with Crippen molar-refractivity contribution in [2.24, 2.45) is 10.2 Å². The van der Waals surface area contributed by atoms with Gasteiger partial charge in [0, 0.05) is 35.7 Å². The summed E-state index contributed by atoms with van der Waals surface area (Å²) in [5.41, 5.74) is 10.8. The van der Waals surface area contributed by atoms with Crippen molar-refractivity contribution in [2.75, 3.05) is 10.6 Å². The quantitative estimate of drug-likeness (QED) is 0.0898. The Morgan fingerprint density at radius 1 is 0.735 bits per heavy atom. The van der Waals surface area contributed by atoms with Crippen LogP contribution >= 0.6 is 0 Å². The third-order valence-corrected chi connectivity index (χ3v) is 8.58. The molecular formula is C38H28N6O5. The number of hydrogen-bond acceptors (Lipinski definition) is 11. The lowest BCUT2D eigenvalue weighted by molar-refractivity contribution is 0.0224. The van der Waals surface area contributed by atoms with Crippen LogP contribution in [0.2, 0.25) is 0 Å². The fraction of sp³-hybridized carbons (Fsp3) is 0.0789. The minimum atomic E-state index is -1.40. The zero-order valence-electron chi connectivity index (χ0n) is 25.9. The second-order valence-electron chi connectivity index (χ2n) is 11.7. The fourth-order valence-electron chi connectivity index (χ4n) is 6.37. The van der Waals surface area contributed by atoms with Crippen LogP contribution in [0.15, 0.2) is 132 Å². The monoisotopic (exact) mass is 648 g/mol. The molecule has 0 radical (unpaired) electrons. The van der Waals surface area contributed by atoms with E-state index >= 15 is 0 Å². The second-order valence-corrected chi connectivity index (χ2v) is 11.7. The van der Waals surface area contributed by atoms with E-state index in [-0.39, 0.29) is 22.9 Å². The van der Waals surface area contributed by atoms with Crippen LogP contribution in [0.5, 0.6) is 23.0 Å². The normalized spacial score (nSPS) is 15.7. The number of aromatic nitrogens is 2. The van der Waals surface area contributed by atoms with Gasteiger partial charge in [-0.25, -0.2) is 4.79 Å². The van der Waals surface area contributed by atoms with Crippen LogP contribution in [-0.2, 0) is 23.4 Å². The number of nitrogens with zero attached hydrogens (tertiary/aromatic N) is 5. The van der Waals surface area contributed by atoms with Crippen LogP contribution in [0.3, 0.4) is 0 Å². The van der Waals surface area contributed by atoms with E-state index in [1.165, 1.54) is 18.2 Å². The molecule has 4 N–H and O–H groups in total. The van der Waals surface area contributed by atoms with Crippen LogP contribution in [0.1, 0.15) is 38.4 Å². The molecule has 4 heterocycles. The number of nitrogen functional groups attached to an aromatic ring is 1. The van der Waals surface area contributed by atoms with Gasteiger partial charge in [0.2, 0.25) is 0 Å². The van der Waals surface area contributed by atoms with E-state index in [2.05, 4.69) is 25.1 Å². The fourth-order valence-corrected chi connectivity index (χ4v) is 6.37. The zero-order valence-corrected chi connectivity index (χ0v) is 25.9. The molecule has 0 bridgehead atoms. The van der Waals surface area contributed by atoms with Gasteiger partial charge in [0.25, 0.3) is 0 Å². The first-order chi connectivity index (χ1) is 23.9. The van der Waals surface area contributed by atoms with Gasteiger partial charge in [-0.15, -0.1) is 5.11 Å². The first-order valence-corrected chi connectivity index (χ1v) is 15.5. The smallest absolute Gasteiger partial charge is 0.340 e. The van der Waals surface area contributed by atoms with Crippen LogP contribution in [0.4, 0.5) is 22.7 Å². The molecule has 0 amide bonds. The molecule has 6 aromatic rings. The average Bonchev–Trinajstić information content (AvgIpc) is 3.40. The Hall–Kier alpha value is -6.75. The summed E-state index contributed by atoms with van der Waals surface area (Å²) < 4.78 is 12.3. The van der Waals surface area contributed by atoms with Crippen molar-refractivity contribution >= 4 is 28.7 Å². The highest BCUT2D eigenvalue weighted by molar-refractivity contribution is 5.97. The van der Waals surface area contributed by atoms with Crippen molar-refractivity contribution in [1.82, 2.24) is 9.97 Å². The molecule has 49 heavy (non-hydrogen) atoms. The number of rotatable bonds is 7. The van der Waals surface area contributed by atoms with E-state index in [9.17, 15) is 15.0 Å². The zero-order chi connectivity index (χ0) is 33.5. The van der Waals surface area contributed by atoms with Crippen molar-refractivity contribution < 1.29 is 24.5 Å². The number of benzene rings is 4. The summed E-state index contributed by atoms with van der Waals surface area (Å²) in [5.74, 6) is -0.198. The van der Waals surface area contributed by atoms with E-state index in [4.69, 9.17) is 15.2 Å². The maximum Gasteiger partial charge on any atom is 0.340 e. The summed E-state index contributed by atoms with van der Waals surface area (Å²) in [7, 11) is 0. The largest absolute Gasteiger partial charge is 0.508 e. The van der Waals surface area contributed by atoms with Gasteiger partial charge >= 0.3 is 5.97 Å². The molecule has 8 rings (SSSR count). The number of fused-ring (bicyclic) bond motifs is 6. The van der Waals surface area contributed by atoms with Gasteiger partial charge in [0.05, 0.1) is 52.7 Å². The summed E-state index contributed by atoms with van der Waals surface area (Å²) >= 11 is 0. The Morgan fingerprint density at radius 3 is 2.16 bits per heavy atom. The molecule has 2 aliphatic rings. The lowest BCUT2D eigenvalue weighted by Crippen LogP contribution is -2.32. The maximum atomic E-state index is 13.2. The van der Waals surface area contributed by atoms with Gasteiger partial charge in [0.1, 0.15) is 28.7 Å². The molecule has 11 nitrogen and oxygen atoms in total. The Kier molecular flexibility index (Phi) is 7.14. The van der Waals surface area contributed by atoms with Crippen LogP contribution in [0.25, 0.3) is 0 Å². The molecule has 1 atom stereocenters. The number of anilines is 2. The van der Waals surface area contributed by atoms with E-state index in [1.807, 2.05) is 54.6 Å². The molecule has 2 aliphatic heterocycles. The molecular weight excluding hydrogens is 620 g/mol. The standard InChI is InChI=1S/C38H28N6O5/c39-31-17-23(11-14-33(31)44(21-24-7-3-5-15-40-24)22-25-8-4-6-16-41-25)42-43-32-19-30-36(20-34(32)46)48-35-18-26(45)12-13-29(35)38(30)28-10-2-1-9-27(28)37(47)49-38/h1-20,45-46H,21-22,39H2. The lowest BCUT2D eigenvalue weighted by atomic mass is 9.77. The summed E-state index contributed by atoms with van der Waals surface area (Å²) in [6, 6.07) is 31.6. The van der Waals surface area contributed by atoms with Crippen molar-refractivity contribution in [2.45, 2.75) is 18.7 Å². The number of carbonyl (C=O) groups excluding carboxylic acids is 1. The number of nitrogens with two attached hydrogens (primary N) is 1. The molecule has 240 valence electrons. The molecule has 0 saturated carbocycles. The predicted octanol–water partition coefficient (Wildman–Crippen LogP) is 7.66. The van der Waals surface area contributed by atoms with Crippen LogP contribution in [0, 0.1) is 0 Å². The van der Waals surface area contributed by atoms with Crippen LogP contribution < -0.4 is 15.4 Å². The highest BCUT2D eigenvalue weighted by Crippen LogP contribution is 2.58. The number of esters is 1. The third-order valence-electron chi connectivity index (χ3n) is 8.58. The van der Waals surface area contributed by atoms with E-state index in [0.29, 0.717) is 52.5 Å². The predicted molar refractivity (Wildman–Crippen MR) is 181 cm³/mol. The number of pyridine rings is 2. The highest BCUT2D eigenvalue weighted by Gasteiger charge is 2.53. The van der Waals surface area contributed by atoms with Gasteiger partial charge in [-0.2, -0.15) is 5.11 Å². The van der Waals surface area contributed by atoms with Gasteiger partial charge in [0.15, 0.2) is 5.60 Å². The van der Waals surface area contributed by atoms with E-state index in [0.717, 1.165) is 17.1 Å². The van der Waals surface area contributed by atoms with E-state index in [1.54, 1.807) is 48.8 Å². The molecule has 4 aromatic carbocycles. The first kappa shape index (κ1) is 29.6. The molecule has 0 fully saturated rings. The summed E-state index contributed by atoms with van der Waals surface area (Å²) in [5, 5.41) is 30.0. The Morgan fingerprint density at radius 2 is 1.45 bits per heavy atom. The van der Waals surface area contributed by atoms with Crippen molar-refractivity contribution in [3.8, 4) is 23.0 Å². The highest BCUT2D eigenvalue weighted by atomic mass is 16.6.